The predicted molar refractivity (Wildman–Crippen MR) is 52.3 cm³/mol. The lowest BCUT2D eigenvalue weighted by Gasteiger charge is -2.28. The normalized spacial score (nSPS) is 16.2. The number of aliphatic hydroxyl groups is 1. The van der Waals surface area contributed by atoms with E-state index >= 15 is 0 Å². The molecule has 0 aromatic heterocycles. The van der Waals surface area contributed by atoms with E-state index in [9.17, 15) is 0 Å². The number of hydrogen-bond donors (Lipinski definition) is 3. The van der Waals surface area contributed by atoms with Crippen LogP contribution in [-0.2, 0) is 0 Å². The van der Waals surface area contributed by atoms with Gasteiger partial charge in [-0.25, -0.2) is 0 Å². The van der Waals surface area contributed by atoms with Crippen LogP contribution in [0.2, 0.25) is 0 Å². The third-order valence-electron chi connectivity index (χ3n) is 1.80. The third kappa shape index (κ3) is 5.52. The number of hydrogen-bond acceptors (Lipinski definition) is 3. The van der Waals surface area contributed by atoms with Gasteiger partial charge < -0.3 is 15.7 Å². The first kappa shape index (κ1) is 11.9. The molecule has 0 saturated carbocycles. The van der Waals surface area contributed by atoms with Crippen molar-refractivity contribution in [1.29, 1.82) is 0 Å². The summed E-state index contributed by atoms with van der Waals surface area (Å²) in [5.41, 5.74) is 0. The second-order valence-corrected chi connectivity index (χ2v) is 2.74. The second kappa shape index (κ2) is 8.97. The van der Waals surface area contributed by atoms with Crippen LogP contribution in [0.25, 0.3) is 0 Å². The Morgan fingerprint density at radius 1 is 1.33 bits per heavy atom. The van der Waals surface area contributed by atoms with Gasteiger partial charge in [-0.15, -0.1) is 0 Å². The van der Waals surface area contributed by atoms with E-state index in [-0.39, 0.29) is 0 Å². The molecule has 1 aliphatic heterocycles. The average molecular weight is 174 g/mol. The topological polar surface area (TPSA) is 44.3 Å². The number of unbranched alkanes of at least 4 members (excludes halogenated alkanes) is 1. The Hall–Kier alpha value is -0.120. The van der Waals surface area contributed by atoms with Gasteiger partial charge in [-0.2, -0.15) is 0 Å². The van der Waals surface area contributed by atoms with Crippen molar-refractivity contribution in [1.82, 2.24) is 10.6 Å². The van der Waals surface area contributed by atoms with Crippen LogP contribution in [0, 0.1) is 0 Å². The molecule has 1 saturated heterocycles. The van der Waals surface area contributed by atoms with Gasteiger partial charge in [0.25, 0.3) is 0 Å². The van der Waals surface area contributed by atoms with Crippen molar-refractivity contribution in [2.24, 2.45) is 0 Å². The predicted octanol–water partition coefficient (Wildman–Crippen LogP) is 0.346. The zero-order valence-corrected chi connectivity index (χ0v) is 8.27. The van der Waals surface area contributed by atoms with Gasteiger partial charge in [-0.3, -0.25) is 0 Å². The van der Waals surface area contributed by atoms with Gasteiger partial charge in [0.2, 0.25) is 0 Å². The fourth-order valence-electron chi connectivity index (χ4n) is 0.976. The smallest absolute Gasteiger partial charge is 0.0431 e. The summed E-state index contributed by atoms with van der Waals surface area (Å²) in [5.74, 6) is 0. The number of aliphatic hydroxyl groups excluding tert-OH is 1. The van der Waals surface area contributed by atoms with Crippen LogP contribution in [0.5, 0.6) is 0 Å². The summed E-state index contributed by atoms with van der Waals surface area (Å²) >= 11 is 0. The molecule has 74 valence electrons. The van der Waals surface area contributed by atoms with E-state index < -0.39 is 0 Å². The first-order valence-electron chi connectivity index (χ1n) is 4.98. The van der Waals surface area contributed by atoms with E-state index in [1.54, 1.807) is 0 Å². The van der Waals surface area contributed by atoms with Crippen LogP contribution in [-0.4, -0.2) is 37.4 Å². The highest BCUT2D eigenvalue weighted by Gasteiger charge is 2.14. The minimum absolute atomic E-state index is 0.324. The quantitative estimate of drug-likeness (QED) is 0.527. The van der Waals surface area contributed by atoms with E-state index in [4.69, 9.17) is 5.11 Å². The summed E-state index contributed by atoms with van der Waals surface area (Å²) < 4.78 is 0. The van der Waals surface area contributed by atoms with Gasteiger partial charge in [-0.1, -0.05) is 13.8 Å². The molecule has 1 heterocycles. The molecule has 0 aromatic carbocycles. The fraction of sp³-hybridized carbons (Fsp3) is 1.00. The first-order chi connectivity index (χ1) is 5.93. The molecule has 0 amide bonds. The van der Waals surface area contributed by atoms with Crippen molar-refractivity contribution in [3.8, 4) is 0 Å². The molecule has 0 bridgehead atoms. The highest BCUT2D eigenvalue weighted by atomic mass is 16.2. The van der Waals surface area contributed by atoms with Crippen molar-refractivity contribution in [3.05, 3.63) is 0 Å². The van der Waals surface area contributed by atoms with Crippen LogP contribution in [0.4, 0.5) is 0 Å². The first-order valence-corrected chi connectivity index (χ1v) is 4.98. The largest absolute Gasteiger partial charge is 0.396 e. The average Bonchev–Trinajstić information content (AvgIpc) is 2.05. The van der Waals surface area contributed by atoms with Gasteiger partial charge in [-0.05, 0) is 19.4 Å². The van der Waals surface area contributed by atoms with Crippen molar-refractivity contribution in [3.63, 3.8) is 0 Å². The molecule has 0 aliphatic carbocycles. The van der Waals surface area contributed by atoms with E-state index in [0.29, 0.717) is 12.6 Å². The summed E-state index contributed by atoms with van der Waals surface area (Å²) in [7, 11) is 0. The molecule has 0 spiro atoms. The molecular formula is C9H22N2O. The second-order valence-electron chi connectivity index (χ2n) is 2.74. The van der Waals surface area contributed by atoms with Crippen LogP contribution in [0.3, 0.4) is 0 Å². The molecule has 3 N–H and O–H groups in total. The van der Waals surface area contributed by atoms with Gasteiger partial charge in [0.05, 0.1) is 0 Å². The van der Waals surface area contributed by atoms with Crippen LogP contribution < -0.4 is 10.6 Å². The molecule has 0 atom stereocenters. The zero-order valence-electron chi connectivity index (χ0n) is 8.27. The van der Waals surface area contributed by atoms with E-state index in [1.165, 1.54) is 0 Å². The molecule has 3 nitrogen and oxygen atoms in total. The number of rotatable bonds is 5. The maximum Gasteiger partial charge on any atom is 0.0431 e. The maximum atomic E-state index is 8.46. The summed E-state index contributed by atoms with van der Waals surface area (Å²) in [6, 6.07) is 0.693. The lowest BCUT2D eigenvalue weighted by atomic mass is 10.2. The van der Waals surface area contributed by atoms with E-state index in [2.05, 4.69) is 10.6 Å². The lowest BCUT2D eigenvalue weighted by Crippen LogP contribution is -2.55. The Labute approximate surface area is 75.6 Å². The fourth-order valence-corrected chi connectivity index (χ4v) is 0.976. The highest BCUT2D eigenvalue weighted by molar-refractivity contribution is 4.80. The summed E-state index contributed by atoms with van der Waals surface area (Å²) in [6.45, 7) is 7.59. The maximum absolute atomic E-state index is 8.46. The van der Waals surface area contributed by atoms with Gasteiger partial charge in [0.15, 0.2) is 0 Å². The molecule has 12 heavy (non-hydrogen) atoms. The van der Waals surface area contributed by atoms with Crippen molar-refractivity contribution < 1.29 is 5.11 Å². The molecule has 1 rings (SSSR count). The Balaban J connectivity index is 0.000000561. The van der Waals surface area contributed by atoms with Crippen LogP contribution in [0.15, 0.2) is 0 Å². The Kier molecular flexibility index (Phi) is 8.88. The molecule has 0 unspecified atom stereocenters. The van der Waals surface area contributed by atoms with Gasteiger partial charge >= 0.3 is 0 Å². The SMILES string of the molecule is CC.OCCCCNC1CNC1. The Bertz CT molecular complexity index is 84.6. The number of nitrogens with one attached hydrogen (secondary N) is 2. The minimum Gasteiger partial charge on any atom is -0.396 e. The summed E-state index contributed by atoms with van der Waals surface area (Å²) in [4.78, 5) is 0. The Morgan fingerprint density at radius 3 is 2.42 bits per heavy atom. The molecular weight excluding hydrogens is 152 g/mol. The summed E-state index contributed by atoms with van der Waals surface area (Å²) in [5, 5.41) is 15.0. The molecule has 0 aromatic rings. The molecule has 0 radical (unpaired) electrons. The lowest BCUT2D eigenvalue weighted by molar-refractivity contribution is 0.279. The monoisotopic (exact) mass is 174 g/mol. The van der Waals surface area contributed by atoms with Crippen LogP contribution in [0.1, 0.15) is 26.7 Å². The van der Waals surface area contributed by atoms with Gasteiger partial charge in [0.1, 0.15) is 0 Å². The molecule has 1 aliphatic rings. The highest BCUT2D eigenvalue weighted by Crippen LogP contribution is 1.91. The molecule has 1 fully saturated rings. The van der Waals surface area contributed by atoms with E-state index in [1.807, 2.05) is 13.8 Å². The third-order valence-corrected chi connectivity index (χ3v) is 1.80. The molecule has 3 heteroatoms. The van der Waals surface area contributed by atoms with Crippen LogP contribution >= 0.6 is 0 Å². The van der Waals surface area contributed by atoms with E-state index in [0.717, 1.165) is 32.5 Å². The van der Waals surface area contributed by atoms with Crippen molar-refractivity contribution >= 4 is 0 Å². The standard InChI is InChI=1S/C7H16N2O.C2H6/c10-4-2-1-3-9-7-5-8-6-7;1-2/h7-10H,1-6H2;1-2H3. The minimum atomic E-state index is 0.324. The van der Waals surface area contributed by atoms with Gasteiger partial charge in [0, 0.05) is 25.7 Å². The van der Waals surface area contributed by atoms with Crippen molar-refractivity contribution in [2.75, 3.05) is 26.2 Å². The summed E-state index contributed by atoms with van der Waals surface area (Å²) in [6.07, 6.45) is 2.01. The van der Waals surface area contributed by atoms with Crippen molar-refractivity contribution in [2.45, 2.75) is 32.7 Å². The zero-order chi connectivity index (χ0) is 9.23. The Morgan fingerprint density at radius 2 is 2.00 bits per heavy atom.